The van der Waals surface area contributed by atoms with Crippen molar-refractivity contribution in [3.63, 3.8) is 0 Å². The summed E-state index contributed by atoms with van der Waals surface area (Å²) in [5.41, 5.74) is 1.32. The molecule has 0 radical (unpaired) electrons. The first kappa shape index (κ1) is 16.4. The van der Waals surface area contributed by atoms with Crippen LogP contribution < -0.4 is 9.47 Å². The predicted octanol–water partition coefficient (Wildman–Crippen LogP) is 5.70. The third kappa shape index (κ3) is 3.00. The lowest BCUT2D eigenvalue weighted by molar-refractivity contribution is -0.690. The summed E-state index contributed by atoms with van der Waals surface area (Å²) in [7, 11) is 0. The molecule has 0 N–H and O–H groups in total. The van der Waals surface area contributed by atoms with Gasteiger partial charge in [-0.25, -0.2) is 0 Å². The lowest BCUT2D eigenvalue weighted by Crippen LogP contribution is -2.31. The molecular weight excluding hydrogens is 344 g/mol. The number of aromatic nitrogens is 1. The Morgan fingerprint density at radius 2 is 2.00 bits per heavy atom. The molecule has 1 aliphatic rings. The number of hydrogen-bond donors (Lipinski definition) is 0. The predicted molar refractivity (Wildman–Crippen MR) is 110 cm³/mol. The smallest absolute Gasteiger partial charge is 0.261 e. The number of nitrogens with zero attached hydrogens (tertiary/aromatic N) is 2. The molecule has 2 aromatic carbocycles. The highest BCUT2D eigenvalue weighted by Gasteiger charge is 2.25. The van der Waals surface area contributed by atoms with Crippen LogP contribution in [-0.2, 0) is 6.54 Å². The molecular formula is C21H21N2S2+. The Morgan fingerprint density at radius 3 is 2.84 bits per heavy atom. The normalized spacial score (nSPS) is 15.6. The fourth-order valence-electron chi connectivity index (χ4n) is 3.20. The summed E-state index contributed by atoms with van der Waals surface area (Å²) < 4.78 is 2.27. The number of thiazole rings is 1. The number of fused-ring (bicyclic) bond motifs is 3. The molecule has 4 rings (SSSR count). The molecule has 2 nitrogen and oxygen atoms in total. The van der Waals surface area contributed by atoms with Crippen molar-refractivity contribution in [3.8, 4) is 0 Å². The second-order valence-electron chi connectivity index (χ2n) is 5.87. The molecule has 1 aromatic heterocycles. The highest BCUT2D eigenvalue weighted by molar-refractivity contribution is 8.04. The molecule has 126 valence electrons. The van der Waals surface area contributed by atoms with Crippen molar-refractivity contribution in [1.82, 2.24) is 0 Å². The van der Waals surface area contributed by atoms with E-state index in [1.165, 1.54) is 31.4 Å². The van der Waals surface area contributed by atoms with E-state index in [9.17, 15) is 0 Å². The maximum absolute atomic E-state index is 2.40. The standard InChI is InChI=1S/C21H21N2S2/c1-3-22-14-15-24-19(22)10-7-11-20-23(4-2)18-13-12-16-8-5-6-9-17(16)21(18)25-20/h5-15H,3-4H2,1-2H3/q+1. The summed E-state index contributed by atoms with van der Waals surface area (Å²) in [6.07, 6.45) is 8.76. The molecule has 4 heteroatoms. The molecule has 0 bridgehead atoms. The zero-order valence-corrected chi connectivity index (χ0v) is 16.1. The van der Waals surface area contributed by atoms with Crippen LogP contribution in [0.15, 0.2) is 70.1 Å². The number of rotatable bonds is 4. The van der Waals surface area contributed by atoms with E-state index < -0.39 is 0 Å². The SMILES string of the molecule is CCN1/C(=C\C=C/c2scc[n+]2CC)Sc2c1ccc1ccccc21. The minimum atomic E-state index is 0.978. The van der Waals surface area contributed by atoms with Gasteiger partial charge < -0.3 is 4.90 Å². The Bertz CT molecular complexity index is 969. The van der Waals surface area contributed by atoms with E-state index in [1.807, 2.05) is 11.8 Å². The van der Waals surface area contributed by atoms with Gasteiger partial charge in [0.2, 0.25) is 0 Å². The van der Waals surface area contributed by atoms with Gasteiger partial charge in [-0.3, -0.25) is 0 Å². The molecule has 0 unspecified atom stereocenters. The average Bonchev–Trinajstić information content (AvgIpc) is 3.25. The van der Waals surface area contributed by atoms with Gasteiger partial charge in [-0.2, -0.15) is 4.57 Å². The molecule has 25 heavy (non-hydrogen) atoms. The van der Waals surface area contributed by atoms with Crippen molar-refractivity contribution in [2.24, 2.45) is 0 Å². The molecule has 0 atom stereocenters. The Labute approximate surface area is 157 Å². The second-order valence-corrected chi connectivity index (χ2v) is 7.83. The van der Waals surface area contributed by atoms with Crippen molar-refractivity contribution < 1.29 is 4.57 Å². The number of aryl methyl sites for hydroxylation is 1. The zero-order chi connectivity index (χ0) is 17.2. The van der Waals surface area contributed by atoms with E-state index in [1.54, 1.807) is 11.3 Å². The van der Waals surface area contributed by atoms with Gasteiger partial charge in [0.05, 0.1) is 16.1 Å². The van der Waals surface area contributed by atoms with Gasteiger partial charge in [-0.15, -0.1) is 0 Å². The van der Waals surface area contributed by atoms with Crippen molar-refractivity contribution in [2.75, 3.05) is 11.4 Å². The van der Waals surface area contributed by atoms with Crippen molar-refractivity contribution in [1.29, 1.82) is 0 Å². The van der Waals surface area contributed by atoms with Crippen LogP contribution in [-0.4, -0.2) is 6.54 Å². The molecule has 0 saturated carbocycles. The van der Waals surface area contributed by atoms with Crippen LogP contribution in [0.1, 0.15) is 18.9 Å². The Kier molecular flexibility index (Phi) is 4.64. The summed E-state index contributed by atoms with van der Waals surface area (Å²) in [5, 5.41) is 7.38. The minimum Gasteiger partial charge on any atom is -0.335 e. The Morgan fingerprint density at radius 1 is 1.12 bits per heavy atom. The van der Waals surface area contributed by atoms with Crippen molar-refractivity contribution >= 4 is 45.6 Å². The van der Waals surface area contributed by atoms with E-state index in [0.717, 1.165) is 13.1 Å². The molecule has 0 spiro atoms. The zero-order valence-electron chi connectivity index (χ0n) is 14.5. The first-order valence-corrected chi connectivity index (χ1v) is 10.3. The molecule has 1 aliphatic heterocycles. The van der Waals surface area contributed by atoms with Crippen LogP contribution in [0, 0.1) is 0 Å². The van der Waals surface area contributed by atoms with Crippen LogP contribution >= 0.6 is 23.1 Å². The molecule has 0 aliphatic carbocycles. The van der Waals surface area contributed by atoms with Gasteiger partial charge in [0, 0.05) is 17.5 Å². The quantitative estimate of drug-likeness (QED) is 0.548. The maximum atomic E-state index is 2.40. The third-order valence-electron chi connectivity index (χ3n) is 4.47. The Balaban J connectivity index is 1.68. The van der Waals surface area contributed by atoms with E-state index in [4.69, 9.17) is 0 Å². The van der Waals surface area contributed by atoms with E-state index >= 15 is 0 Å². The van der Waals surface area contributed by atoms with Crippen LogP contribution in [0.3, 0.4) is 0 Å². The summed E-state index contributed by atoms with van der Waals surface area (Å²) in [4.78, 5) is 3.78. The summed E-state index contributed by atoms with van der Waals surface area (Å²) >= 11 is 3.66. The fourth-order valence-corrected chi connectivity index (χ4v) is 5.31. The Hall–Kier alpha value is -2.04. The summed E-state index contributed by atoms with van der Waals surface area (Å²) in [5.74, 6) is 0. The monoisotopic (exact) mass is 365 g/mol. The maximum Gasteiger partial charge on any atom is 0.261 e. The third-order valence-corrected chi connectivity index (χ3v) is 6.54. The second kappa shape index (κ2) is 7.06. The van der Waals surface area contributed by atoms with Crippen LogP contribution in [0.2, 0.25) is 0 Å². The van der Waals surface area contributed by atoms with Gasteiger partial charge in [0.1, 0.15) is 6.54 Å². The molecule has 2 heterocycles. The minimum absolute atomic E-state index is 0.978. The van der Waals surface area contributed by atoms with Gasteiger partial charge in [0.25, 0.3) is 5.01 Å². The first-order chi connectivity index (χ1) is 12.3. The van der Waals surface area contributed by atoms with Gasteiger partial charge in [-0.05, 0) is 36.8 Å². The number of anilines is 1. The van der Waals surface area contributed by atoms with E-state index in [0.29, 0.717) is 0 Å². The van der Waals surface area contributed by atoms with Gasteiger partial charge in [-0.1, -0.05) is 59.5 Å². The number of benzene rings is 2. The summed E-state index contributed by atoms with van der Waals surface area (Å²) in [6, 6.07) is 13.1. The first-order valence-electron chi connectivity index (χ1n) is 8.64. The van der Waals surface area contributed by atoms with Gasteiger partial charge in [0.15, 0.2) is 6.20 Å². The highest BCUT2D eigenvalue weighted by Crippen LogP contribution is 2.49. The average molecular weight is 366 g/mol. The van der Waals surface area contributed by atoms with Crippen LogP contribution in [0.5, 0.6) is 0 Å². The summed E-state index contributed by atoms with van der Waals surface area (Å²) in [6.45, 7) is 6.38. The molecule has 0 saturated heterocycles. The fraction of sp³-hybridized carbons (Fsp3) is 0.190. The molecule has 0 fully saturated rings. The molecule has 3 aromatic rings. The van der Waals surface area contributed by atoms with Crippen LogP contribution in [0.25, 0.3) is 16.8 Å². The van der Waals surface area contributed by atoms with Crippen LogP contribution in [0.4, 0.5) is 5.69 Å². The highest BCUT2D eigenvalue weighted by atomic mass is 32.2. The topological polar surface area (TPSA) is 7.12 Å². The van der Waals surface area contributed by atoms with Crippen molar-refractivity contribution in [3.05, 3.63) is 70.2 Å². The number of allylic oxidation sites excluding steroid dienone is 2. The molecule has 0 amide bonds. The van der Waals surface area contributed by atoms with E-state index in [-0.39, 0.29) is 0 Å². The van der Waals surface area contributed by atoms with E-state index in [2.05, 4.69) is 89.5 Å². The lowest BCUT2D eigenvalue weighted by atomic mass is 10.1. The largest absolute Gasteiger partial charge is 0.335 e. The number of thioether (sulfide) groups is 1. The number of hydrogen-bond acceptors (Lipinski definition) is 3. The van der Waals surface area contributed by atoms with Crippen molar-refractivity contribution in [2.45, 2.75) is 25.3 Å². The van der Waals surface area contributed by atoms with Gasteiger partial charge >= 0.3 is 0 Å². The lowest BCUT2D eigenvalue weighted by Gasteiger charge is -2.17.